The molecule has 0 amide bonds. The van der Waals surface area contributed by atoms with E-state index in [0.717, 1.165) is 16.6 Å². The van der Waals surface area contributed by atoms with Gasteiger partial charge in [0.2, 0.25) is 0 Å². The van der Waals surface area contributed by atoms with E-state index in [4.69, 9.17) is 0 Å². The van der Waals surface area contributed by atoms with Gasteiger partial charge < -0.3 is 5.11 Å². The zero-order valence-electron chi connectivity index (χ0n) is 10.2. The molecule has 0 saturated carbocycles. The third-order valence-electron chi connectivity index (χ3n) is 3.12. The Balaban J connectivity index is 2.10. The Kier molecular flexibility index (Phi) is 3.01. The van der Waals surface area contributed by atoms with E-state index >= 15 is 0 Å². The first-order chi connectivity index (χ1) is 9.29. The molecular formula is C15H13FN2O. The first kappa shape index (κ1) is 11.9. The number of aliphatic hydroxyl groups excluding tert-OH is 1. The highest BCUT2D eigenvalue weighted by atomic mass is 19.1. The van der Waals surface area contributed by atoms with Crippen LogP contribution in [0.2, 0.25) is 0 Å². The normalized spacial score (nSPS) is 12.7. The maximum atomic E-state index is 12.5. The van der Waals surface area contributed by atoms with Crippen molar-refractivity contribution in [2.75, 3.05) is 6.67 Å². The molecule has 3 rings (SSSR count). The van der Waals surface area contributed by atoms with Crippen molar-refractivity contribution in [1.82, 2.24) is 9.78 Å². The lowest BCUT2D eigenvalue weighted by Crippen LogP contribution is -1.99. The van der Waals surface area contributed by atoms with Gasteiger partial charge in [-0.25, -0.2) is 9.07 Å². The molecule has 0 bridgehead atoms. The largest absolute Gasteiger partial charge is 0.386 e. The maximum Gasteiger partial charge on any atom is 0.119 e. The second kappa shape index (κ2) is 4.82. The van der Waals surface area contributed by atoms with Gasteiger partial charge in [0.1, 0.15) is 12.8 Å². The van der Waals surface area contributed by atoms with E-state index in [1.54, 1.807) is 18.3 Å². The number of aliphatic hydroxyl groups is 1. The summed E-state index contributed by atoms with van der Waals surface area (Å²) in [5, 5.41) is 14.7. The van der Waals surface area contributed by atoms with Crippen molar-refractivity contribution in [3.63, 3.8) is 0 Å². The summed E-state index contributed by atoms with van der Waals surface area (Å²) in [4.78, 5) is 0. The molecule has 3 aromatic rings. The molecular weight excluding hydrogens is 243 g/mol. The van der Waals surface area contributed by atoms with Crippen LogP contribution in [0.4, 0.5) is 4.39 Å². The average Bonchev–Trinajstić information content (AvgIpc) is 2.90. The zero-order valence-corrected chi connectivity index (χ0v) is 10.2. The van der Waals surface area contributed by atoms with Crippen LogP contribution in [0, 0.1) is 0 Å². The van der Waals surface area contributed by atoms with E-state index in [2.05, 4.69) is 5.10 Å². The Hall–Kier alpha value is -2.20. The molecule has 4 heteroatoms. The molecule has 1 unspecified atom stereocenters. The average molecular weight is 256 g/mol. The predicted molar refractivity (Wildman–Crippen MR) is 72.0 cm³/mol. The highest BCUT2D eigenvalue weighted by Gasteiger charge is 2.10. The van der Waals surface area contributed by atoms with Crippen molar-refractivity contribution in [3.8, 4) is 5.69 Å². The quantitative estimate of drug-likeness (QED) is 0.782. The second-order valence-corrected chi connectivity index (χ2v) is 4.38. The van der Waals surface area contributed by atoms with Gasteiger partial charge in [-0.2, -0.15) is 5.10 Å². The summed E-state index contributed by atoms with van der Waals surface area (Å²) in [5.41, 5.74) is 2.47. The molecule has 0 aliphatic carbocycles. The van der Waals surface area contributed by atoms with Gasteiger partial charge in [-0.1, -0.05) is 24.3 Å². The van der Waals surface area contributed by atoms with Gasteiger partial charge in [0, 0.05) is 5.39 Å². The van der Waals surface area contributed by atoms with E-state index in [1.807, 2.05) is 41.1 Å². The summed E-state index contributed by atoms with van der Waals surface area (Å²) in [6.07, 6.45) is 0.654. The number of rotatable bonds is 3. The molecule has 1 aromatic heterocycles. The van der Waals surface area contributed by atoms with Gasteiger partial charge in [-0.15, -0.1) is 0 Å². The summed E-state index contributed by atoms with van der Waals surface area (Å²) >= 11 is 0. The molecule has 0 aliphatic rings. The smallest absolute Gasteiger partial charge is 0.119 e. The van der Waals surface area contributed by atoms with E-state index in [1.165, 1.54) is 0 Å². The Morgan fingerprint density at radius 1 is 1.16 bits per heavy atom. The van der Waals surface area contributed by atoms with Crippen molar-refractivity contribution in [2.24, 2.45) is 0 Å². The van der Waals surface area contributed by atoms with Crippen LogP contribution in [0.3, 0.4) is 0 Å². The van der Waals surface area contributed by atoms with Crippen molar-refractivity contribution in [3.05, 3.63) is 60.3 Å². The Morgan fingerprint density at radius 2 is 1.95 bits per heavy atom. The van der Waals surface area contributed by atoms with E-state index in [0.29, 0.717) is 5.56 Å². The molecule has 1 atom stereocenters. The summed E-state index contributed by atoms with van der Waals surface area (Å²) in [6.45, 7) is -0.779. The van der Waals surface area contributed by atoms with Crippen LogP contribution < -0.4 is 0 Å². The zero-order chi connectivity index (χ0) is 13.2. The third-order valence-corrected chi connectivity index (χ3v) is 3.12. The van der Waals surface area contributed by atoms with Gasteiger partial charge in [0.15, 0.2) is 0 Å². The van der Waals surface area contributed by atoms with E-state index in [9.17, 15) is 9.50 Å². The van der Waals surface area contributed by atoms with Crippen LogP contribution in [0.1, 0.15) is 11.7 Å². The molecule has 1 N–H and O–H groups in total. The molecule has 2 aromatic carbocycles. The topological polar surface area (TPSA) is 38.1 Å². The van der Waals surface area contributed by atoms with E-state index in [-0.39, 0.29) is 0 Å². The van der Waals surface area contributed by atoms with Gasteiger partial charge >= 0.3 is 0 Å². The van der Waals surface area contributed by atoms with Crippen molar-refractivity contribution in [1.29, 1.82) is 0 Å². The molecule has 0 radical (unpaired) electrons. The molecule has 96 valence electrons. The highest BCUT2D eigenvalue weighted by molar-refractivity contribution is 5.81. The van der Waals surface area contributed by atoms with Crippen molar-refractivity contribution >= 4 is 10.9 Å². The monoisotopic (exact) mass is 256 g/mol. The summed E-state index contributed by atoms with van der Waals surface area (Å²) in [5.74, 6) is 0. The Labute approximate surface area is 109 Å². The number of benzene rings is 2. The maximum absolute atomic E-state index is 12.5. The predicted octanol–water partition coefficient (Wildman–Crippen LogP) is 3.03. The summed E-state index contributed by atoms with van der Waals surface area (Å²) in [7, 11) is 0. The van der Waals surface area contributed by atoms with Gasteiger partial charge in [-0.3, -0.25) is 0 Å². The van der Waals surface area contributed by atoms with Gasteiger partial charge in [0.05, 0.1) is 17.4 Å². The molecule has 3 nitrogen and oxygen atoms in total. The van der Waals surface area contributed by atoms with E-state index < -0.39 is 12.8 Å². The molecule has 1 heterocycles. The Morgan fingerprint density at radius 3 is 2.68 bits per heavy atom. The Bertz CT molecular complexity index is 694. The third kappa shape index (κ3) is 2.11. The van der Waals surface area contributed by atoms with Crippen LogP contribution in [-0.4, -0.2) is 21.6 Å². The number of halogens is 1. The molecule has 0 spiro atoms. The SMILES string of the molecule is OC(CF)c1ccc2c(cnn2-c2ccccc2)c1. The molecule has 19 heavy (non-hydrogen) atoms. The number of nitrogens with zero attached hydrogens (tertiary/aromatic N) is 2. The standard InChI is InChI=1S/C15H13FN2O/c16-9-15(19)11-6-7-14-12(8-11)10-17-18(14)13-4-2-1-3-5-13/h1-8,10,15,19H,9H2. The fourth-order valence-electron chi connectivity index (χ4n) is 2.12. The number of alkyl halides is 1. The minimum Gasteiger partial charge on any atom is -0.386 e. The number of hydrogen-bond donors (Lipinski definition) is 1. The molecule has 0 aliphatic heterocycles. The lowest BCUT2D eigenvalue weighted by atomic mass is 10.1. The fraction of sp³-hybridized carbons (Fsp3) is 0.133. The first-order valence-corrected chi connectivity index (χ1v) is 6.07. The second-order valence-electron chi connectivity index (χ2n) is 4.38. The van der Waals surface area contributed by atoms with Crippen molar-refractivity contribution in [2.45, 2.75) is 6.10 Å². The minimum absolute atomic E-state index is 0.572. The highest BCUT2D eigenvalue weighted by Crippen LogP contribution is 2.22. The molecule has 0 saturated heterocycles. The lowest BCUT2D eigenvalue weighted by Gasteiger charge is -2.07. The first-order valence-electron chi connectivity index (χ1n) is 6.07. The van der Waals surface area contributed by atoms with Crippen LogP contribution in [0.25, 0.3) is 16.6 Å². The van der Waals surface area contributed by atoms with Crippen LogP contribution in [0.5, 0.6) is 0 Å². The minimum atomic E-state index is -1.07. The molecule has 0 fully saturated rings. The lowest BCUT2D eigenvalue weighted by molar-refractivity contribution is 0.142. The van der Waals surface area contributed by atoms with Crippen molar-refractivity contribution < 1.29 is 9.50 Å². The number of hydrogen-bond acceptors (Lipinski definition) is 2. The van der Waals surface area contributed by atoms with Gasteiger partial charge in [-0.05, 0) is 29.8 Å². The summed E-state index contributed by atoms with van der Waals surface area (Å²) < 4.78 is 14.3. The number of aromatic nitrogens is 2. The van der Waals surface area contributed by atoms with Crippen LogP contribution >= 0.6 is 0 Å². The van der Waals surface area contributed by atoms with Gasteiger partial charge in [0.25, 0.3) is 0 Å². The summed E-state index contributed by atoms with van der Waals surface area (Å²) in [6, 6.07) is 15.1. The number of para-hydroxylation sites is 1. The fourth-order valence-corrected chi connectivity index (χ4v) is 2.12. The van der Waals surface area contributed by atoms with Crippen LogP contribution in [-0.2, 0) is 0 Å². The van der Waals surface area contributed by atoms with Crippen LogP contribution in [0.15, 0.2) is 54.7 Å². The number of fused-ring (bicyclic) bond motifs is 1.